The number of amides is 2. The van der Waals surface area contributed by atoms with Gasteiger partial charge in [-0.25, -0.2) is 0 Å². The number of fused-ring (bicyclic) bond motifs is 1. The summed E-state index contributed by atoms with van der Waals surface area (Å²) in [5, 5.41) is 12.6. The van der Waals surface area contributed by atoms with Crippen molar-refractivity contribution in [2.75, 3.05) is 16.8 Å². The molecule has 2 amide bonds. The normalized spacial score (nSPS) is 14.7. The average molecular weight is 387 g/mol. The van der Waals surface area contributed by atoms with E-state index in [2.05, 4.69) is 5.32 Å². The van der Waals surface area contributed by atoms with E-state index in [4.69, 9.17) is 0 Å². The van der Waals surface area contributed by atoms with Crippen LogP contribution in [0.15, 0.2) is 42.0 Å². The third kappa shape index (κ3) is 3.79. The van der Waals surface area contributed by atoms with Crippen molar-refractivity contribution in [3.63, 3.8) is 0 Å². The van der Waals surface area contributed by atoms with Crippen LogP contribution in [0.3, 0.4) is 0 Å². The van der Waals surface area contributed by atoms with Crippen LogP contribution in [0.5, 0.6) is 0 Å². The van der Waals surface area contributed by atoms with E-state index in [1.165, 1.54) is 0 Å². The van der Waals surface area contributed by atoms with Crippen LogP contribution in [0.2, 0.25) is 0 Å². The lowest BCUT2D eigenvalue weighted by molar-refractivity contribution is -0.114. The molecule has 1 N–H and O–H groups in total. The van der Waals surface area contributed by atoms with E-state index >= 15 is 0 Å². The van der Waals surface area contributed by atoms with Crippen molar-refractivity contribution in [1.29, 1.82) is 5.26 Å². The number of hydrogen-bond donors (Lipinski definition) is 1. The summed E-state index contributed by atoms with van der Waals surface area (Å²) in [5.74, 6) is -0.611. The Morgan fingerprint density at radius 1 is 1.14 bits per heavy atom. The summed E-state index contributed by atoms with van der Waals surface area (Å²) in [6.45, 7) is 10.4. The predicted octanol–water partition coefficient (Wildman–Crippen LogP) is 4.53. The van der Waals surface area contributed by atoms with E-state index < -0.39 is 5.91 Å². The monoisotopic (exact) mass is 387 g/mol. The van der Waals surface area contributed by atoms with Gasteiger partial charge in [0.15, 0.2) is 0 Å². The molecule has 1 aliphatic heterocycles. The van der Waals surface area contributed by atoms with Gasteiger partial charge in [0, 0.05) is 17.8 Å². The van der Waals surface area contributed by atoms with Gasteiger partial charge in [-0.2, -0.15) is 5.26 Å². The Balaban J connectivity index is 2.07. The molecular formula is C24H25N3O2. The minimum absolute atomic E-state index is 0.159. The number of hydrogen-bond acceptors (Lipinski definition) is 3. The number of rotatable bonds is 4. The van der Waals surface area contributed by atoms with Gasteiger partial charge in [-0.1, -0.05) is 49.7 Å². The van der Waals surface area contributed by atoms with Crippen LogP contribution in [0, 0.1) is 38.0 Å². The lowest BCUT2D eigenvalue weighted by Crippen LogP contribution is -2.31. The quantitative estimate of drug-likeness (QED) is 0.619. The fraction of sp³-hybridized carbons (Fsp3) is 0.292. The summed E-state index contributed by atoms with van der Waals surface area (Å²) in [6.07, 6.45) is 0. The highest BCUT2D eigenvalue weighted by Gasteiger charge is 2.36. The minimum Gasteiger partial charge on any atom is -0.321 e. The summed E-state index contributed by atoms with van der Waals surface area (Å²) < 4.78 is 0. The second kappa shape index (κ2) is 7.92. The average Bonchev–Trinajstić information content (AvgIpc) is 2.91. The number of benzene rings is 2. The summed E-state index contributed by atoms with van der Waals surface area (Å²) in [6, 6.07) is 13.2. The molecule has 0 radical (unpaired) electrons. The Hall–Kier alpha value is -3.39. The van der Waals surface area contributed by atoms with Crippen molar-refractivity contribution in [3.05, 3.63) is 64.2 Å². The number of anilines is 2. The van der Waals surface area contributed by atoms with Crippen molar-refractivity contribution in [3.8, 4) is 6.07 Å². The van der Waals surface area contributed by atoms with Crippen molar-refractivity contribution < 1.29 is 9.59 Å². The number of nitrogens with one attached hydrogen (secondary N) is 1. The molecule has 5 heteroatoms. The number of carbonyl (C=O) groups excluding carboxylic acids is 2. The Bertz CT molecular complexity index is 1050. The highest BCUT2D eigenvalue weighted by atomic mass is 16.2. The summed E-state index contributed by atoms with van der Waals surface area (Å²) in [4.78, 5) is 27.9. The molecule has 0 unspecified atom stereocenters. The smallest absolute Gasteiger partial charge is 0.267 e. The first-order valence-corrected chi connectivity index (χ1v) is 9.69. The molecule has 0 fully saturated rings. The SMILES string of the molecule is Cc1cc(C)c(NC(=O)C(C#N)=C2C(=O)N(CC(C)C)c3ccccc32)c(C)c1. The molecule has 0 aromatic heterocycles. The molecule has 3 rings (SSSR count). The van der Waals surface area contributed by atoms with Gasteiger partial charge in [0.1, 0.15) is 11.6 Å². The van der Waals surface area contributed by atoms with Crippen molar-refractivity contribution in [2.45, 2.75) is 34.6 Å². The van der Waals surface area contributed by atoms with Crippen LogP contribution >= 0.6 is 0 Å². The number of carbonyl (C=O) groups is 2. The van der Waals surface area contributed by atoms with E-state index in [-0.39, 0.29) is 23.0 Å². The maximum absolute atomic E-state index is 13.2. The second-order valence-electron chi connectivity index (χ2n) is 7.92. The molecule has 1 aliphatic rings. The highest BCUT2D eigenvalue weighted by Crippen LogP contribution is 2.39. The standard InChI is InChI=1S/C24H25N3O2/c1-14(2)13-27-20-9-7-6-8-18(20)21(24(27)29)19(12-25)23(28)26-22-16(4)10-15(3)11-17(22)5/h6-11,14H,13H2,1-5H3,(H,26,28). The lowest BCUT2D eigenvalue weighted by atomic mass is 10.0. The first-order valence-electron chi connectivity index (χ1n) is 9.69. The third-order valence-electron chi connectivity index (χ3n) is 4.98. The molecule has 0 atom stereocenters. The van der Waals surface area contributed by atoms with E-state index in [0.29, 0.717) is 17.8 Å². The van der Waals surface area contributed by atoms with E-state index in [1.54, 1.807) is 11.0 Å². The van der Waals surface area contributed by atoms with Gasteiger partial charge in [0.25, 0.3) is 11.8 Å². The molecule has 2 aromatic carbocycles. The van der Waals surface area contributed by atoms with E-state index in [1.807, 2.05) is 71.0 Å². The van der Waals surface area contributed by atoms with Crippen LogP contribution < -0.4 is 10.2 Å². The molecule has 2 aromatic rings. The van der Waals surface area contributed by atoms with Gasteiger partial charge in [0.2, 0.25) is 0 Å². The molecule has 5 nitrogen and oxygen atoms in total. The van der Waals surface area contributed by atoms with Gasteiger partial charge in [-0.05, 0) is 43.9 Å². The highest BCUT2D eigenvalue weighted by molar-refractivity contribution is 6.37. The topological polar surface area (TPSA) is 73.2 Å². The zero-order valence-electron chi connectivity index (χ0n) is 17.5. The number of nitrogens with zero attached hydrogens (tertiary/aromatic N) is 2. The molecule has 1 heterocycles. The maximum Gasteiger partial charge on any atom is 0.267 e. The lowest BCUT2D eigenvalue weighted by Gasteiger charge is -2.19. The maximum atomic E-state index is 13.2. The van der Waals surface area contributed by atoms with Crippen LogP contribution in [-0.2, 0) is 9.59 Å². The predicted molar refractivity (Wildman–Crippen MR) is 115 cm³/mol. The third-order valence-corrected chi connectivity index (χ3v) is 4.98. The van der Waals surface area contributed by atoms with Crippen LogP contribution in [0.1, 0.15) is 36.1 Å². The van der Waals surface area contributed by atoms with Gasteiger partial charge in [0.05, 0.1) is 11.3 Å². The molecule has 0 spiro atoms. The summed E-state index contributed by atoms with van der Waals surface area (Å²) in [7, 11) is 0. The van der Waals surface area contributed by atoms with Gasteiger partial charge >= 0.3 is 0 Å². The first kappa shape index (κ1) is 20.3. The summed E-state index contributed by atoms with van der Waals surface area (Å²) in [5.41, 5.74) is 4.98. The Labute approximate surface area is 171 Å². The molecular weight excluding hydrogens is 362 g/mol. The van der Waals surface area contributed by atoms with Gasteiger partial charge in [-0.3, -0.25) is 9.59 Å². The zero-order chi connectivity index (χ0) is 21.3. The Morgan fingerprint density at radius 2 is 1.76 bits per heavy atom. The van der Waals surface area contributed by atoms with E-state index in [9.17, 15) is 14.9 Å². The zero-order valence-corrected chi connectivity index (χ0v) is 17.5. The molecule has 0 aliphatic carbocycles. The van der Waals surface area contributed by atoms with Gasteiger partial charge in [-0.15, -0.1) is 0 Å². The van der Waals surface area contributed by atoms with Crippen LogP contribution in [0.4, 0.5) is 11.4 Å². The van der Waals surface area contributed by atoms with Crippen molar-refractivity contribution in [2.24, 2.45) is 5.92 Å². The Kier molecular flexibility index (Phi) is 5.56. The van der Waals surface area contributed by atoms with Crippen molar-refractivity contribution in [1.82, 2.24) is 0 Å². The number of nitriles is 1. The molecule has 0 bridgehead atoms. The van der Waals surface area contributed by atoms with Crippen LogP contribution in [-0.4, -0.2) is 18.4 Å². The summed E-state index contributed by atoms with van der Waals surface area (Å²) >= 11 is 0. The van der Waals surface area contributed by atoms with Gasteiger partial charge < -0.3 is 10.2 Å². The number of para-hydroxylation sites is 1. The Morgan fingerprint density at radius 3 is 2.34 bits per heavy atom. The van der Waals surface area contributed by atoms with Crippen molar-refractivity contribution >= 4 is 28.8 Å². The molecule has 0 saturated carbocycles. The number of aryl methyl sites for hydroxylation is 3. The first-order chi connectivity index (χ1) is 13.7. The minimum atomic E-state index is -0.563. The molecule has 148 valence electrons. The fourth-order valence-electron chi connectivity index (χ4n) is 3.84. The van der Waals surface area contributed by atoms with E-state index in [0.717, 1.165) is 22.4 Å². The molecule has 29 heavy (non-hydrogen) atoms. The molecule has 0 saturated heterocycles. The second-order valence-corrected chi connectivity index (χ2v) is 7.92. The fourth-order valence-corrected chi connectivity index (χ4v) is 3.84. The van der Waals surface area contributed by atoms with Crippen LogP contribution in [0.25, 0.3) is 5.57 Å². The largest absolute Gasteiger partial charge is 0.321 e.